The van der Waals surface area contributed by atoms with Gasteiger partial charge in [0.1, 0.15) is 0 Å². The summed E-state index contributed by atoms with van der Waals surface area (Å²) in [7, 11) is 0. The molecule has 1 aromatic carbocycles. The number of carbonyl (C=O) groups excluding carboxylic acids is 1. The average Bonchev–Trinajstić information content (AvgIpc) is 2.43. The Morgan fingerprint density at radius 3 is 2.85 bits per heavy atom. The lowest BCUT2D eigenvalue weighted by atomic mass is 9.95. The number of nitrogens with one attached hydrogen (secondary N) is 1. The summed E-state index contributed by atoms with van der Waals surface area (Å²) >= 11 is 0. The number of rotatable bonds is 4. The van der Waals surface area contributed by atoms with Crippen molar-refractivity contribution in [2.75, 3.05) is 18.4 Å². The van der Waals surface area contributed by atoms with Crippen LogP contribution in [-0.2, 0) is 11.3 Å². The van der Waals surface area contributed by atoms with Crippen LogP contribution < -0.4 is 11.1 Å². The summed E-state index contributed by atoms with van der Waals surface area (Å²) in [4.78, 5) is 14.5. The van der Waals surface area contributed by atoms with Crippen LogP contribution in [0.5, 0.6) is 0 Å². The minimum absolute atomic E-state index is 0.0480. The van der Waals surface area contributed by atoms with E-state index in [2.05, 4.69) is 24.1 Å². The summed E-state index contributed by atoms with van der Waals surface area (Å²) in [5, 5.41) is 2.98. The van der Waals surface area contributed by atoms with Crippen molar-refractivity contribution < 1.29 is 4.79 Å². The van der Waals surface area contributed by atoms with Crippen molar-refractivity contribution in [2.24, 2.45) is 11.7 Å². The van der Waals surface area contributed by atoms with E-state index in [1.165, 1.54) is 12.8 Å². The summed E-state index contributed by atoms with van der Waals surface area (Å²) in [6.07, 6.45) is 2.43. The van der Waals surface area contributed by atoms with Crippen molar-refractivity contribution in [1.29, 1.82) is 0 Å². The minimum Gasteiger partial charge on any atom is -0.326 e. The Kier molecular flexibility index (Phi) is 5.15. The molecule has 2 unspecified atom stereocenters. The third kappa shape index (κ3) is 3.81. The lowest BCUT2D eigenvalue weighted by molar-refractivity contribution is -0.118. The molecule has 4 nitrogen and oxygen atoms in total. The molecule has 0 spiro atoms. The Labute approximate surface area is 121 Å². The first kappa shape index (κ1) is 15.0. The van der Waals surface area contributed by atoms with E-state index < -0.39 is 0 Å². The SMILES string of the molecule is CC1CCC(C)N(CC(=O)Nc2ccccc2CN)C1. The number of piperidine rings is 1. The molecule has 4 heteroatoms. The van der Waals surface area contributed by atoms with Gasteiger partial charge in [-0.3, -0.25) is 9.69 Å². The van der Waals surface area contributed by atoms with E-state index >= 15 is 0 Å². The van der Waals surface area contributed by atoms with Gasteiger partial charge in [0, 0.05) is 24.8 Å². The molecule has 0 aliphatic carbocycles. The molecule has 1 fully saturated rings. The molecule has 1 aliphatic heterocycles. The zero-order chi connectivity index (χ0) is 14.5. The third-order valence-corrected chi connectivity index (χ3v) is 4.10. The number of para-hydroxylation sites is 1. The predicted molar refractivity (Wildman–Crippen MR) is 82.4 cm³/mol. The van der Waals surface area contributed by atoms with Crippen LogP contribution in [0.2, 0.25) is 0 Å². The second-order valence-corrected chi connectivity index (χ2v) is 5.87. The zero-order valence-electron chi connectivity index (χ0n) is 12.4. The summed E-state index contributed by atoms with van der Waals surface area (Å²) < 4.78 is 0. The number of anilines is 1. The maximum absolute atomic E-state index is 12.2. The van der Waals surface area contributed by atoms with E-state index in [0.29, 0.717) is 25.0 Å². The van der Waals surface area contributed by atoms with Crippen LogP contribution in [0.15, 0.2) is 24.3 Å². The number of hydrogen-bond donors (Lipinski definition) is 2. The van der Waals surface area contributed by atoms with Crippen LogP contribution >= 0.6 is 0 Å². The van der Waals surface area contributed by atoms with Gasteiger partial charge in [0.2, 0.25) is 5.91 Å². The Balaban J connectivity index is 1.95. The monoisotopic (exact) mass is 275 g/mol. The molecule has 0 saturated carbocycles. The second-order valence-electron chi connectivity index (χ2n) is 5.87. The smallest absolute Gasteiger partial charge is 0.238 e. The lowest BCUT2D eigenvalue weighted by Gasteiger charge is -2.36. The first-order valence-electron chi connectivity index (χ1n) is 7.42. The normalized spacial score (nSPS) is 23.6. The highest BCUT2D eigenvalue weighted by Gasteiger charge is 2.24. The van der Waals surface area contributed by atoms with Crippen molar-refractivity contribution in [3.8, 4) is 0 Å². The highest BCUT2D eigenvalue weighted by Crippen LogP contribution is 2.21. The van der Waals surface area contributed by atoms with Gasteiger partial charge in [-0.1, -0.05) is 25.1 Å². The van der Waals surface area contributed by atoms with E-state index in [1.807, 2.05) is 24.3 Å². The molecule has 20 heavy (non-hydrogen) atoms. The molecule has 110 valence electrons. The maximum atomic E-state index is 12.2. The van der Waals surface area contributed by atoms with Gasteiger partial charge in [0.25, 0.3) is 0 Å². The largest absolute Gasteiger partial charge is 0.326 e. The second kappa shape index (κ2) is 6.86. The number of amides is 1. The molecule has 1 aliphatic rings. The Bertz CT molecular complexity index is 461. The number of nitrogens with two attached hydrogens (primary N) is 1. The van der Waals surface area contributed by atoms with Crippen molar-refractivity contribution in [2.45, 2.75) is 39.3 Å². The quantitative estimate of drug-likeness (QED) is 0.885. The molecule has 1 aromatic rings. The third-order valence-electron chi connectivity index (χ3n) is 4.10. The maximum Gasteiger partial charge on any atom is 0.238 e. The van der Waals surface area contributed by atoms with Crippen LogP contribution in [0, 0.1) is 5.92 Å². The number of carbonyl (C=O) groups is 1. The Morgan fingerprint density at radius 1 is 1.35 bits per heavy atom. The molecule has 1 heterocycles. The predicted octanol–water partition coefficient (Wildman–Crippen LogP) is 2.20. The molecular weight excluding hydrogens is 250 g/mol. The first-order chi connectivity index (χ1) is 9.60. The standard InChI is InChI=1S/C16H25N3O/c1-12-7-8-13(2)19(10-12)11-16(20)18-15-6-4-3-5-14(15)9-17/h3-6,12-13H,7-11,17H2,1-2H3,(H,18,20). The summed E-state index contributed by atoms with van der Waals surface area (Å²) in [6.45, 7) is 6.36. The molecule has 2 rings (SSSR count). The van der Waals surface area contributed by atoms with Gasteiger partial charge in [-0.25, -0.2) is 0 Å². The molecule has 1 saturated heterocycles. The van der Waals surface area contributed by atoms with Gasteiger partial charge in [-0.15, -0.1) is 0 Å². The van der Waals surface area contributed by atoms with Crippen molar-refractivity contribution >= 4 is 11.6 Å². The molecule has 3 N–H and O–H groups in total. The molecule has 0 aromatic heterocycles. The van der Waals surface area contributed by atoms with E-state index in [-0.39, 0.29) is 5.91 Å². The lowest BCUT2D eigenvalue weighted by Crippen LogP contribution is -2.45. The van der Waals surface area contributed by atoms with Crippen molar-refractivity contribution in [1.82, 2.24) is 4.90 Å². The van der Waals surface area contributed by atoms with Gasteiger partial charge in [0.15, 0.2) is 0 Å². The van der Waals surface area contributed by atoms with Gasteiger partial charge < -0.3 is 11.1 Å². The van der Waals surface area contributed by atoms with E-state index in [1.54, 1.807) is 0 Å². The highest BCUT2D eigenvalue weighted by molar-refractivity contribution is 5.93. The van der Waals surface area contributed by atoms with Crippen LogP contribution in [0.3, 0.4) is 0 Å². The summed E-state index contributed by atoms with van der Waals surface area (Å²) in [5.41, 5.74) is 7.49. The van der Waals surface area contributed by atoms with Gasteiger partial charge >= 0.3 is 0 Å². The number of nitrogens with zero attached hydrogens (tertiary/aromatic N) is 1. The number of hydrogen-bond acceptors (Lipinski definition) is 3. The Hall–Kier alpha value is -1.39. The van der Waals surface area contributed by atoms with Crippen molar-refractivity contribution in [3.05, 3.63) is 29.8 Å². The van der Waals surface area contributed by atoms with E-state index in [4.69, 9.17) is 5.73 Å². The number of benzene rings is 1. The summed E-state index contributed by atoms with van der Waals surface area (Å²) in [6, 6.07) is 8.19. The fraction of sp³-hybridized carbons (Fsp3) is 0.562. The van der Waals surface area contributed by atoms with Gasteiger partial charge in [-0.2, -0.15) is 0 Å². The highest BCUT2D eigenvalue weighted by atomic mass is 16.2. The zero-order valence-corrected chi connectivity index (χ0v) is 12.4. The van der Waals surface area contributed by atoms with Gasteiger partial charge in [-0.05, 0) is 37.3 Å². The van der Waals surface area contributed by atoms with Crippen LogP contribution in [0.25, 0.3) is 0 Å². The average molecular weight is 275 g/mol. The molecule has 1 amide bonds. The molecule has 2 atom stereocenters. The molecular formula is C16H25N3O. The van der Waals surface area contributed by atoms with E-state index in [9.17, 15) is 4.79 Å². The van der Waals surface area contributed by atoms with Gasteiger partial charge in [0.05, 0.1) is 6.54 Å². The van der Waals surface area contributed by atoms with Crippen LogP contribution in [0.1, 0.15) is 32.3 Å². The van der Waals surface area contributed by atoms with Crippen molar-refractivity contribution in [3.63, 3.8) is 0 Å². The summed E-state index contributed by atoms with van der Waals surface area (Å²) in [5.74, 6) is 0.724. The molecule has 0 radical (unpaired) electrons. The fourth-order valence-corrected chi connectivity index (χ4v) is 2.79. The number of likely N-dealkylation sites (tertiary alicyclic amines) is 1. The Morgan fingerprint density at radius 2 is 2.10 bits per heavy atom. The first-order valence-corrected chi connectivity index (χ1v) is 7.42. The molecule has 0 bridgehead atoms. The van der Waals surface area contributed by atoms with Crippen LogP contribution in [-0.4, -0.2) is 29.9 Å². The fourth-order valence-electron chi connectivity index (χ4n) is 2.79. The van der Waals surface area contributed by atoms with E-state index in [0.717, 1.165) is 17.8 Å². The van der Waals surface area contributed by atoms with Crippen LogP contribution in [0.4, 0.5) is 5.69 Å². The topological polar surface area (TPSA) is 58.4 Å². The minimum atomic E-state index is 0.0480.